The molecule has 1 aromatic carbocycles. The highest BCUT2D eigenvalue weighted by Gasteiger charge is 2.29. The largest absolute Gasteiger partial charge is 0.372 e. The minimum atomic E-state index is -2.35. The summed E-state index contributed by atoms with van der Waals surface area (Å²) in [6, 6.07) is 11.5. The van der Waals surface area contributed by atoms with Crippen LogP contribution in [0.4, 0.5) is 29.1 Å². The quantitative estimate of drug-likeness (QED) is 0.529. The molecule has 10 nitrogen and oxygen atoms in total. The van der Waals surface area contributed by atoms with Crippen molar-refractivity contribution in [3.05, 3.63) is 58.8 Å². The van der Waals surface area contributed by atoms with Crippen molar-refractivity contribution in [2.45, 2.75) is 25.5 Å². The second-order valence-corrected chi connectivity index (χ2v) is 11.9. The topological polar surface area (TPSA) is 128 Å². The van der Waals surface area contributed by atoms with E-state index >= 15 is 0 Å². The number of benzene rings is 1. The summed E-state index contributed by atoms with van der Waals surface area (Å²) in [5, 5.41) is 16.0. The van der Waals surface area contributed by atoms with Crippen LogP contribution < -0.4 is 10.6 Å². The molecule has 1 atom stereocenters. The first-order chi connectivity index (χ1) is 17.3. The maximum Gasteiger partial charge on any atom is 0.229 e. The number of nitriles is 1. The number of aryl methyl sites for hydroxylation is 1. The first-order valence-electron chi connectivity index (χ1n) is 11.7. The van der Waals surface area contributed by atoms with Gasteiger partial charge >= 0.3 is 0 Å². The van der Waals surface area contributed by atoms with E-state index in [0.717, 1.165) is 38.2 Å². The number of pyridine rings is 1. The lowest BCUT2D eigenvalue weighted by molar-refractivity contribution is 0.0233. The second-order valence-electron chi connectivity index (χ2n) is 9.34. The van der Waals surface area contributed by atoms with Gasteiger partial charge in [0.2, 0.25) is 5.95 Å². The third-order valence-electron chi connectivity index (χ3n) is 5.96. The number of hydrogen-bond acceptors (Lipinski definition) is 10. The summed E-state index contributed by atoms with van der Waals surface area (Å²) in [6.45, 7) is 2.52. The van der Waals surface area contributed by atoms with Crippen LogP contribution in [0.25, 0.3) is 0 Å². The predicted octanol–water partition coefficient (Wildman–Crippen LogP) is 4.04. The molecule has 0 amide bonds. The van der Waals surface area contributed by atoms with Gasteiger partial charge in [0.25, 0.3) is 0 Å². The Morgan fingerprint density at radius 3 is 2.86 bits per heavy atom. The van der Waals surface area contributed by atoms with Gasteiger partial charge in [-0.25, -0.2) is 14.2 Å². The van der Waals surface area contributed by atoms with Crippen LogP contribution in [-0.4, -0.2) is 56.8 Å². The van der Waals surface area contributed by atoms with Crippen molar-refractivity contribution in [2.24, 2.45) is 4.36 Å². The van der Waals surface area contributed by atoms with Crippen LogP contribution in [0.2, 0.25) is 0 Å². The average molecular weight is 505 g/mol. The van der Waals surface area contributed by atoms with Crippen molar-refractivity contribution in [3.8, 4) is 6.07 Å². The number of likely N-dealkylation sites (N-methyl/N-ethyl adjacent to an activating group) is 1. The fourth-order valence-electron chi connectivity index (χ4n) is 4.59. The van der Waals surface area contributed by atoms with Crippen LogP contribution in [0.15, 0.2) is 40.9 Å². The number of aromatic nitrogens is 3. The fourth-order valence-corrected chi connectivity index (χ4v) is 5.15. The number of ether oxygens (including phenoxy) is 1. The second kappa shape index (κ2) is 9.81. The summed E-state index contributed by atoms with van der Waals surface area (Å²) in [5.74, 6) is 1.45. The Morgan fingerprint density at radius 2 is 2.06 bits per heavy atom. The molecule has 0 aliphatic carbocycles. The molecule has 4 heterocycles. The molecule has 0 spiro atoms. The normalized spacial score (nSPS) is 17.4. The molecule has 2 aliphatic rings. The van der Waals surface area contributed by atoms with Crippen molar-refractivity contribution in [1.29, 1.82) is 5.26 Å². The lowest BCUT2D eigenvalue weighted by atomic mass is 9.90. The van der Waals surface area contributed by atoms with E-state index in [9.17, 15) is 9.47 Å². The lowest BCUT2D eigenvalue weighted by Gasteiger charge is -2.33. The first-order valence-corrected chi connectivity index (χ1v) is 14.0. The van der Waals surface area contributed by atoms with E-state index in [1.165, 1.54) is 22.9 Å². The molecule has 2 N–H and O–H groups in total. The van der Waals surface area contributed by atoms with Gasteiger partial charge in [0.05, 0.1) is 12.3 Å². The van der Waals surface area contributed by atoms with Crippen molar-refractivity contribution < 1.29 is 8.95 Å². The molecule has 186 valence electrons. The Hall–Kier alpha value is -3.59. The third-order valence-corrected chi connectivity index (χ3v) is 6.59. The van der Waals surface area contributed by atoms with Gasteiger partial charge in [-0.1, -0.05) is 6.07 Å². The monoisotopic (exact) mass is 504 g/mol. The maximum atomic E-state index is 12.0. The molecular formula is C25H28N8O2S. The average Bonchev–Trinajstić information content (AvgIpc) is 3.01. The maximum absolute atomic E-state index is 12.0. The van der Waals surface area contributed by atoms with Gasteiger partial charge in [-0.15, -0.1) is 0 Å². The highest BCUT2D eigenvalue weighted by Crippen LogP contribution is 2.37. The summed E-state index contributed by atoms with van der Waals surface area (Å²) in [4.78, 5) is 15.5. The molecule has 5 rings (SSSR count). The molecule has 0 bridgehead atoms. The summed E-state index contributed by atoms with van der Waals surface area (Å²) in [6.07, 6.45) is 6.63. The van der Waals surface area contributed by atoms with Gasteiger partial charge in [0.1, 0.15) is 17.5 Å². The van der Waals surface area contributed by atoms with E-state index in [4.69, 9.17) is 4.74 Å². The third kappa shape index (κ3) is 5.46. The summed E-state index contributed by atoms with van der Waals surface area (Å²) < 4.78 is 22.3. The zero-order valence-electron chi connectivity index (χ0n) is 20.5. The predicted molar refractivity (Wildman–Crippen MR) is 139 cm³/mol. The molecule has 0 saturated heterocycles. The van der Waals surface area contributed by atoms with Crippen LogP contribution in [0, 0.1) is 11.3 Å². The number of anilines is 4. The van der Waals surface area contributed by atoms with Gasteiger partial charge in [-0.3, -0.25) is 4.90 Å². The molecule has 36 heavy (non-hydrogen) atoms. The van der Waals surface area contributed by atoms with E-state index in [1.54, 1.807) is 30.7 Å². The van der Waals surface area contributed by atoms with Crippen LogP contribution in [0.5, 0.6) is 0 Å². The van der Waals surface area contributed by atoms with E-state index in [-0.39, 0.29) is 11.7 Å². The minimum absolute atomic E-state index is 0.107. The van der Waals surface area contributed by atoms with Gasteiger partial charge in [0.15, 0.2) is 11.6 Å². The SMILES string of the molecule is CN1Cc2cc(Nc3ncc(C#N)c(Nc4cccc(N=S(C)(C)=O)n4)n3)cc3c2C(C1)OCCC3. The Morgan fingerprint density at radius 1 is 1.22 bits per heavy atom. The van der Waals surface area contributed by atoms with E-state index < -0.39 is 9.73 Å². The van der Waals surface area contributed by atoms with Gasteiger partial charge in [0, 0.05) is 47.6 Å². The molecule has 2 aliphatic heterocycles. The van der Waals surface area contributed by atoms with Gasteiger partial charge in [-0.2, -0.15) is 14.6 Å². The Kier molecular flexibility index (Phi) is 6.57. The van der Waals surface area contributed by atoms with Crippen LogP contribution >= 0.6 is 0 Å². The van der Waals surface area contributed by atoms with Crippen LogP contribution in [0.3, 0.4) is 0 Å². The molecule has 2 aromatic heterocycles. The minimum Gasteiger partial charge on any atom is -0.372 e. The molecule has 1 unspecified atom stereocenters. The Labute approximate surface area is 210 Å². The number of hydrogen-bond donors (Lipinski definition) is 2. The first kappa shape index (κ1) is 24.1. The van der Waals surface area contributed by atoms with E-state index in [1.807, 2.05) is 0 Å². The summed E-state index contributed by atoms with van der Waals surface area (Å²) in [5.41, 5.74) is 5.04. The summed E-state index contributed by atoms with van der Waals surface area (Å²) in [7, 11) is -0.247. The van der Waals surface area contributed by atoms with Crippen molar-refractivity contribution >= 4 is 38.8 Å². The number of nitrogens with one attached hydrogen (secondary N) is 2. The highest BCUT2D eigenvalue weighted by atomic mass is 32.2. The smallest absolute Gasteiger partial charge is 0.229 e. The van der Waals surface area contributed by atoms with Crippen molar-refractivity contribution in [1.82, 2.24) is 19.9 Å². The molecule has 0 fully saturated rings. The fraction of sp³-hybridized carbons (Fsp3) is 0.360. The Bertz CT molecular complexity index is 1470. The van der Waals surface area contributed by atoms with E-state index in [0.29, 0.717) is 23.4 Å². The zero-order chi connectivity index (χ0) is 25.3. The van der Waals surface area contributed by atoms with E-state index in [2.05, 4.69) is 60.1 Å². The van der Waals surface area contributed by atoms with Crippen LogP contribution in [0.1, 0.15) is 34.8 Å². The number of nitrogens with zero attached hydrogens (tertiary/aromatic N) is 6. The van der Waals surface area contributed by atoms with Crippen LogP contribution in [-0.2, 0) is 27.4 Å². The van der Waals surface area contributed by atoms with Crippen molar-refractivity contribution in [3.63, 3.8) is 0 Å². The standard InChI is InChI=1S/C25H28N8O2S/c1-33-14-17-11-19(10-16-6-5-9-35-20(15-33)23(16)17)28-25-27-13-18(12-26)24(31-25)30-21-7-4-8-22(29-21)32-36(2,3)34/h4,7-8,10-11,13,20H,5-6,9,14-15H2,1-3H3,(H2,27,28,29,30,31). The summed E-state index contributed by atoms with van der Waals surface area (Å²) >= 11 is 0. The van der Waals surface area contributed by atoms with Gasteiger partial charge < -0.3 is 15.4 Å². The molecule has 0 radical (unpaired) electrons. The van der Waals surface area contributed by atoms with Crippen molar-refractivity contribution in [2.75, 3.05) is 43.3 Å². The molecule has 3 aromatic rings. The highest BCUT2D eigenvalue weighted by molar-refractivity contribution is 7.92. The Balaban J connectivity index is 1.44. The zero-order valence-corrected chi connectivity index (χ0v) is 21.3. The lowest BCUT2D eigenvalue weighted by Crippen LogP contribution is -2.32. The molecule has 11 heteroatoms. The van der Waals surface area contributed by atoms with Gasteiger partial charge in [-0.05, 0) is 60.8 Å². The molecule has 0 saturated carbocycles. The molecular weight excluding hydrogens is 476 g/mol. The number of rotatable bonds is 5.